The molecule has 0 aliphatic carbocycles. The highest BCUT2D eigenvalue weighted by molar-refractivity contribution is 7.89. The molecule has 9 nitrogen and oxygen atoms in total. The number of amides is 3. The Morgan fingerprint density at radius 3 is 2.21 bits per heavy atom. The van der Waals surface area contributed by atoms with Crippen LogP contribution in [0.15, 0.2) is 29.2 Å². The molecule has 28 heavy (non-hydrogen) atoms. The maximum absolute atomic E-state index is 12.3. The minimum atomic E-state index is -3.78. The molecule has 0 spiro atoms. The zero-order valence-electron chi connectivity index (χ0n) is 16.8. The Kier molecular flexibility index (Phi) is 7.71. The van der Waals surface area contributed by atoms with Crippen LogP contribution in [0, 0.1) is 0 Å². The Hall–Kier alpha value is -2.46. The minimum Gasteiger partial charge on any atom is -0.449 e. The van der Waals surface area contributed by atoms with E-state index >= 15 is 0 Å². The van der Waals surface area contributed by atoms with E-state index in [0.717, 1.165) is 6.07 Å². The lowest BCUT2D eigenvalue weighted by molar-refractivity contribution is -0.127. The molecular weight excluding hydrogens is 386 g/mol. The van der Waals surface area contributed by atoms with Crippen LogP contribution >= 0.6 is 0 Å². The minimum absolute atomic E-state index is 0.0366. The van der Waals surface area contributed by atoms with Gasteiger partial charge in [0.05, 0.1) is 10.5 Å². The topological polar surface area (TPSA) is 131 Å². The third kappa shape index (κ3) is 7.65. The number of carbonyl (C=O) groups excluding carboxylic acids is 3. The molecule has 3 amide bonds. The summed E-state index contributed by atoms with van der Waals surface area (Å²) in [5.74, 6) is -1.69. The number of nitrogens with one attached hydrogen (secondary N) is 3. The van der Waals surface area contributed by atoms with E-state index in [0.29, 0.717) is 0 Å². The van der Waals surface area contributed by atoms with Gasteiger partial charge in [-0.25, -0.2) is 22.7 Å². The molecule has 156 valence electrons. The summed E-state index contributed by atoms with van der Waals surface area (Å²) in [5, 5.41) is 4.62. The van der Waals surface area contributed by atoms with Crippen molar-refractivity contribution >= 4 is 27.9 Å². The van der Waals surface area contributed by atoms with Gasteiger partial charge in [-0.3, -0.25) is 10.1 Å². The second-order valence-electron chi connectivity index (χ2n) is 7.54. The Balaban J connectivity index is 2.81. The van der Waals surface area contributed by atoms with Gasteiger partial charge in [-0.2, -0.15) is 0 Å². The van der Waals surface area contributed by atoms with Gasteiger partial charge in [0.25, 0.3) is 5.91 Å². The van der Waals surface area contributed by atoms with Crippen LogP contribution in [0.4, 0.5) is 4.79 Å². The van der Waals surface area contributed by atoms with E-state index in [2.05, 4.69) is 15.4 Å². The maximum Gasteiger partial charge on any atom is 0.338 e. The number of ether oxygens (including phenoxy) is 1. The van der Waals surface area contributed by atoms with Crippen molar-refractivity contribution in [3.05, 3.63) is 29.8 Å². The van der Waals surface area contributed by atoms with E-state index in [1.165, 1.54) is 25.1 Å². The first-order valence-electron chi connectivity index (χ1n) is 8.67. The van der Waals surface area contributed by atoms with Gasteiger partial charge in [-0.1, -0.05) is 6.07 Å². The first kappa shape index (κ1) is 23.6. The number of esters is 1. The number of imide groups is 1. The maximum atomic E-state index is 12.3. The summed E-state index contributed by atoms with van der Waals surface area (Å²) in [6.45, 7) is 9.89. The summed E-state index contributed by atoms with van der Waals surface area (Å²) >= 11 is 0. The van der Waals surface area contributed by atoms with Crippen LogP contribution in [0.2, 0.25) is 0 Å². The molecule has 0 saturated carbocycles. The molecule has 0 heterocycles. The standard InChI is InChI=1S/C18H27N3O6S/c1-11(2)21-28(25,26)14-9-7-8-13(10-14)16(23)27-12(3)15(22)19-17(24)20-18(4,5)6/h7-12,21H,1-6H3,(H2,19,20,22,24)/t12-/m1/s1. The van der Waals surface area contributed by atoms with Crippen molar-refractivity contribution < 1.29 is 27.5 Å². The second-order valence-corrected chi connectivity index (χ2v) is 9.26. The third-order valence-electron chi connectivity index (χ3n) is 3.15. The SMILES string of the molecule is CC(C)NS(=O)(=O)c1cccc(C(=O)O[C@H](C)C(=O)NC(=O)NC(C)(C)C)c1. The van der Waals surface area contributed by atoms with Crippen molar-refractivity contribution in [2.24, 2.45) is 0 Å². The molecule has 0 fully saturated rings. The number of rotatable bonds is 6. The Morgan fingerprint density at radius 2 is 1.68 bits per heavy atom. The molecular formula is C18H27N3O6S. The van der Waals surface area contributed by atoms with Gasteiger partial charge in [0, 0.05) is 11.6 Å². The second kappa shape index (κ2) is 9.16. The lowest BCUT2D eigenvalue weighted by Gasteiger charge is -2.21. The predicted octanol–water partition coefficient (Wildman–Crippen LogP) is 1.54. The summed E-state index contributed by atoms with van der Waals surface area (Å²) in [6.07, 6.45) is -1.26. The average molecular weight is 413 g/mol. The molecule has 10 heteroatoms. The lowest BCUT2D eigenvalue weighted by atomic mass is 10.1. The predicted molar refractivity (Wildman–Crippen MR) is 103 cm³/mol. The van der Waals surface area contributed by atoms with Gasteiger partial charge >= 0.3 is 12.0 Å². The van der Waals surface area contributed by atoms with Crippen LogP contribution in [0.3, 0.4) is 0 Å². The van der Waals surface area contributed by atoms with Crippen LogP contribution < -0.4 is 15.4 Å². The first-order valence-corrected chi connectivity index (χ1v) is 10.2. The molecule has 0 unspecified atom stereocenters. The monoisotopic (exact) mass is 413 g/mol. The molecule has 1 rings (SSSR count). The molecule has 0 aliphatic heterocycles. The third-order valence-corrected chi connectivity index (χ3v) is 4.81. The lowest BCUT2D eigenvalue weighted by Crippen LogP contribution is -2.50. The Bertz CT molecular complexity index is 843. The van der Waals surface area contributed by atoms with E-state index in [-0.39, 0.29) is 16.5 Å². The number of benzene rings is 1. The summed E-state index contributed by atoms with van der Waals surface area (Å²) in [5.41, 5.74) is -0.578. The average Bonchev–Trinajstić information content (AvgIpc) is 2.51. The normalized spacial score (nSPS) is 13.0. The number of urea groups is 1. The van der Waals surface area contributed by atoms with Gasteiger partial charge in [0.1, 0.15) is 0 Å². The summed E-state index contributed by atoms with van der Waals surface area (Å²) in [4.78, 5) is 35.9. The summed E-state index contributed by atoms with van der Waals surface area (Å²) in [6, 6.07) is 4.23. The van der Waals surface area contributed by atoms with Crippen LogP contribution in [0.25, 0.3) is 0 Å². The summed E-state index contributed by atoms with van der Waals surface area (Å²) in [7, 11) is -3.78. The van der Waals surface area contributed by atoms with Crippen molar-refractivity contribution in [3.63, 3.8) is 0 Å². The van der Waals surface area contributed by atoms with Crippen molar-refractivity contribution in [2.75, 3.05) is 0 Å². The fraction of sp³-hybridized carbons (Fsp3) is 0.500. The zero-order valence-corrected chi connectivity index (χ0v) is 17.6. The largest absolute Gasteiger partial charge is 0.449 e. The Morgan fingerprint density at radius 1 is 1.07 bits per heavy atom. The number of hydrogen-bond acceptors (Lipinski definition) is 6. The first-order chi connectivity index (χ1) is 12.7. The number of sulfonamides is 1. The Labute approximate surface area is 165 Å². The van der Waals surface area contributed by atoms with Gasteiger partial charge in [0.15, 0.2) is 6.10 Å². The highest BCUT2D eigenvalue weighted by atomic mass is 32.2. The quantitative estimate of drug-likeness (QED) is 0.607. The van der Waals surface area contributed by atoms with Gasteiger partial charge in [-0.05, 0) is 59.7 Å². The highest BCUT2D eigenvalue weighted by Gasteiger charge is 2.24. The van der Waals surface area contributed by atoms with Crippen molar-refractivity contribution in [1.29, 1.82) is 0 Å². The molecule has 1 aromatic carbocycles. The number of carbonyl (C=O) groups is 3. The van der Waals surface area contributed by atoms with Crippen LogP contribution in [-0.4, -0.2) is 44.0 Å². The van der Waals surface area contributed by atoms with Crippen molar-refractivity contribution in [2.45, 2.75) is 64.1 Å². The van der Waals surface area contributed by atoms with E-state index in [1.807, 2.05) is 0 Å². The fourth-order valence-corrected chi connectivity index (χ4v) is 3.33. The zero-order chi connectivity index (χ0) is 21.7. The molecule has 0 radical (unpaired) electrons. The van der Waals surface area contributed by atoms with Crippen molar-refractivity contribution in [1.82, 2.24) is 15.4 Å². The van der Waals surface area contributed by atoms with E-state index in [4.69, 9.17) is 4.74 Å². The van der Waals surface area contributed by atoms with Gasteiger partial charge in [-0.15, -0.1) is 0 Å². The molecule has 3 N–H and O–H groups in total. The van der Waals surface area contributed by atoms with E-state index in [1.54, 1.807) is 34.6 Å². The van der Waals surface area contributed by atoms with Gasteiger partial charge in [0.2, 0.25) is 10.0 Å². The van der Waals surface area contributed by atoms with Crippen LogP contribution in [0.1, 0.15) is 51.9 Å². The van der Waals surface area contributed by atoms with Crippen molar-refractivity contribution in [3.8, 4) is 0 Å². The molecule has 0 bridgehead atoms. The smallest absolute Gasteiger partial charge is 0.338 e. The van der Waals surface area contributed by atoms with Crippen LogP contribution in [-0.2, 0) is 19.6 Å². The van der Waals surface area contributed by atoms with Gasteiger partial charge < -0.3 is 10.1 Å². The molecule has 0 aromatic heterocycles. The summed E-state index contributed by atoms with van der Waals surface area (Å²) < 4.78 is 31.9. The highest BCUT2D eigenvalue weighted by Crippen LogP contribution is 2.14. The van der Waals surface area contributed by atoms with E-state index < -0.39 is 39.6 Å². The number of hydrogen-bond donors (Lipinski definition) is 3. The van der Waals surface area contributed by atoms with Crippen LogP contribution in [0.5, 0.6) is 0 Å². The van der Waals surface area contributed by atoms with E-state index in [9.17, 15) is 22.8 Å². The molecule has 0 aliphatic rings. The molecule has 1 atom stereocenters. The molecule has 1 aromatic rings. The molecule has 0 saturated heterocycles. The fourth-order valence-electron chi connectivity index (χ4n) is 2.04.